The molecule has 1 atom stereocenters. The second kappa shape index (κ2) is 9.10. The van der Waals surface area contributed by atoms with E-state index in [1.165, 1.54) is 14.1 Å². The van der Waals surface area contributed by atoms with E-state index in [1.54, 1.807) is 14.0 Å². The Balaban J connectivity index is 1.63. The van der Waals surface area contributed by atoms with E-state index in [0.717, 1.165) is 26.7 Å². The zero-order chi connectivity index (χ0) is 26.5. The molecule has 0 unspecified atom stereocenters. The van der Waals surface area contributed by atoms with E-state index in [-0.39, 0.29) is 12.3 Å². The number of para-hydroxylation sites is 2. The molecule has 1 N–H and O–H groups in total. The zero-order valence-corrected chi connectivity index (χ0v) is 21.5. The number of ether oxygens (including phenoxy) is 1. The lowest BCUT2D eigenvalue weighted by Gasteiger charge is -2.56. The van der Waals surface area contributed by atoms with Crippen molar-refractivity contribution >= 4 is 40.8 Å². The van der Waals surface area contributed by atoms with Crippen LogP contribution in [0.1, 0.15) is 18.9 Å². The molecule has 0 radical (unpaired) electrons. The van der Waals surface area contributed by atoms with Gasteiger partial charge in [-0.05, 0) is 42.3 Å². The van der Waals surface area contributed by atoms with E-state index in [9.17, 15) is 19.2 Å². The lowest BCUT2D eigenvalue weighted by Crippen LogP contribution is -2.74. The maximum Gasteiger partial charge on any atom is 0.332 e. The molecule has 0 aliphatic carbocycles. The van der Waals surface area contributed by atoms with Crippen molar-refractivity contribution in [3.63, 3.8) is 0 Å². The summed E-state index contributed by atoms with van der Waals surface area (Å²) in [4.78, 5) is 58.9. The quantitative estimate of drug-likeness (QED) is 0.637. The molecule has 0 aromatic heterocycles. The number of nitrogens with one attached hydrogen (secondary N) is 1. The summed E-state index contributed by atoms with van der Waals surface area (Å²) in [5, 5.41) is 2.87. The topological polar surface area (TPSA) is 102 Å². The molecule has 5 rings (SSSR count). The number of methoxy groups -OCH3 is 1. The van der Waals surface area contributed by atoms with Gasteiger partial charge in [0.05, 0.1) is 18.8 Å². The maximum atomic E-state index is 13.9. The number of carbonyl (C=O) groups excluding carboxylic acids is 4. The first-order valence-electron chi connectivity index (χ1n) is 12.4. The zero-order valence-electron chi connectivity index (χ0n) is 21.5. The van der Waals surface area contributed by atoms with Crippen LogP contribution in [0.5, 0.6) is 5.75 Å². The molecule has 37 heavy (non-hydrogen) atoms. The van der Waals surface area contributed by atoms with Gasteiger partial charge in [-0.25, -0.2) is 4.79 Å². The molecule has 2 aromatic carbocycles. The average Bonchev–Trinajstić information content (AvgIpc) is 2.93. The predicted octanol–water partition coefficient (Wildman–Crippen LogP) is 2.33. The Morgan fingerprint density at radius 2 is 1.73 bits per heavy atom. The van der Waals surface area contributed by atoms with Crippen molar-refractivity contribution in [2.24, 2.45) is 5.41 Å². The Morgan fingerprint density at radius 1 is 1.03 bits per heavy atom. The first kappa shape index (κ1) is 24.6. The average molecular weight is 506 g/mol. The summed E-state index contributed by atoms with van der Waals surface area (Å²) in [6, 6.07) is 12.1. The van der Waals surface area contributed by atoms with E-state index in [2.05, 4.69) is 15.1 Å². The number of nitrogens with zero attached hydrogens (tertiary/aromatic N) is 4. The minimum absolute atomic E-state index is 0.122. The summed E-state index contributed by atoms with van der Waals surface area (Å²) in [5.41, 5.74) is 1.71. The number of hydrogen-bond acceptors (Lipinski definition) is 7. The molecule has 2 fully saturated rings. The number of piperazine rings is 1. The van der Waals surface area contributed by atoms with Crippen molar-refractivity contribution in [3.8, 4) is 5.75 Å². The Hall–Kier alpha value is -4.08. The summed E-state index contributed by atoms with van der Waals surface area (Å²) in [5.74, 6) is -0.427. The molecule has 1 spiro atoms. The van der Waals surface area contributed by atoms with Gasteiger partial charge in [-0.1, -0.05) is 19.1 Å². The maximum absolute atomic E-state index is 13.9. The van der Waals surface area contributed by atoms with Gasteiger partial charge in [-0.15, -0.1) is 0 Å². The minimum Gasteiger partial charge on any atom is -0.495 e. The predicted molar refractivity (Wildman–Crippen MR) is 139 cm³/mol. The highest BCUT2D eigenvalue weighted by atomic mass is 16.5. The Labute approximate surface area is 215 Å². The normalized spacial score (nSPS) is 20.6. The van der Waals surface area contributed by atoms with Gasteiger partial charge in [0.1, 0.15) is 5.75 Å². The second-order valence-corrected chi connectivity index (χ2v) is 9.73. The highest BCUT2D eigenvalue weighted by Gasteiger charge is 2.64. The number of rotatable bonds is 4. The molecule has 3 aliphatic rings. The van der Waals surface area contributed by atoms with Gasteiger partial charge < -0.3 is 19.9 Å². The third kappa shape index (κ3) is 3.70. The second-order valence-electron chi connectivity index (χ2n) is 9.73. The van der Waals surface area contributed by atoms with Crippen molar-refractivity contribution in [1.82, 2.24) is 9.80 Å². The molecule has 0 saturated carbocycles. The van der Waals surface area contributed by atoms with E-state index in [1.807, 2.05) is 42.5 Å². The van der Waals surface area contributed by atoms with Crippen molar-refractivity contribution in [2.45, 2.75) is 25.8 Å². The van der Waals surface area contributed by atoms with Crippen molar-refractivity contribution in [3.05, 3.63) is 48.0 Å². The minimum atomic E-state index is -1.50. The summed E-state index contributed by atoms with van der Waals surface area (Å²) in [6.07, 6.45) is 0.460. The number of amides is 5. The molecule has 10 nitrogen and oxygen atoms in total. The molecular weight excluding hydrogens is 474 g/mol. The van der Waals surface area contributed by atoms with Gasteiger partial charge in [0.25, 0.3) is 0 Å². The smallest absolute Gasteiger partial charge is 0.332 e. The van der Waals surface area contributed by atoms with E-state index >= 15 is 0 Å². The van der Waals surface area contributed by atoms with Gasteiger partial charge >= 0.3 is 6.03 Å². The number of hydrogen-bond donors (Lipinski definition) is 1. The van der Waals surface area contributed by atoms with Crippen LogP contribution in [0.25, 0.3) is 0 Å². The molecule has 0 bridgehead atoms. The number of urea groups is 1. The highest BCUT2D eigenvalue weighted by Crippen LogP contribution is 2.48. The van der Waals surface area contributed by atoms with Crippen LogP contribution < -0.4 is 19.9 Å². The summed E-state index contributed by atoms with van der Waals surface area (Å²) in [6.45, 7) is 3.37. The molecule has 5 amide bonds. The number of carbonyl (C=O) groups is 4. The van der Waals surface area contributed by atoms with Crippen LogP contribution in [0.3, 0.4) is 0 Å². The van der Waals surface area contributed by atoms with Crippen LogP contribution in [0.15, 0.2) is 42.5 Å². The largest absolute Gasteiger partial charge is 0.495 e. The third-order valence-corrected chi connectivity index (χ3v) is 7.78. The summed E-state index contributed by atoms with van der Waals surface area (Å²) >= 11 is 0. The van der Waals surface area contributed by atoms with E-state index in [4.69, 9.17) is 4.74 Å². The first-order valence-corrected chi connectivity index (χ1v) is 12.4. The Kier molecular flexibility index (Phi) is 6.05. The lowest BCUT2D eigenvalue weighted by atomic mass is 9.67. The Morgan fingerprint density at radius 3 is 2.41 bits per heavy atom. The number of fused-ring (bicyclic) bond motifs is 4. The van der Waals surface area contributed by atoms with Crippen LogP contribution in [-0.4, -0.2) is 80.4 Å². The standard InChI is InChI=1S/C27H31N5O5/c1-5-23(33)28-18-10-11-19-17(14-18)15-27(24(34)29(2)26(36)30(3)25(27)35)22-16-31(12-13-32(19)22)20-8-6-7-9-21(20)37-4/h6-11,14,22H,5,12-13,15-16H2,1-4H3,(H,28,33)/t22-/m0/s1. The fraction of sp³-hybridized carbons (Fsp3) is 0.407. The third-order valence-electron chi connectivity index (χ3n) is 7.78. The van der Waals surface area contributed by atoms with Crippen LogP contribution in [0, 0.1) is 5.41 Å². The summed E-state index contributed by atoms with van der Waals surface area (Å²) in [7, 11) is 4.47. The molecule has 3 heterocycles. The molecule has 2 saturated heterocycles. The first-order chi connectivity index (χ1) is 17.7. The molecule has 3 aliphatic heterocycles. The fourth-order valence-electron chi connectivity index (χ4n) is 5.88. The van der Waals surface area contributed by atoms with Crippen LogP contribution in [-0.2, 0) is 20.8 Å². The van der Waals surface area contributed by atoms with Crippen LogP contribution >= 0.6 is 0 Å². The number of imide groups is 2. The van der Waals surface area contributed by atoms with Gasteiger partial charge in [-0.2, -0.15) is 0 Å². The highest BCUT2D eigenvalue weighted by molar-refractivity contribution is 6.20. The molecule has 2 aromatic rings. The van der Waals surface area contributed by atoms with Crippen molar-refractivity contribution < 1.29 is 23.9 Å². The SMILES string of the molecule is CCC(=O)Nc1ccc2c(c1)CC1(C(=O)N(C)C(=O)N(C)C1=O)[C@@H]1CN(c3ccccc3OC)CCN21. The van der Waals surface area contributed by atoms with Gasteiger partial charge in [-0.3, -0.25) is 24.2 Å². The van der Waals surface area contributed by atoms with Crippen molar-refractivity contribution in [1.29, 1.82) is 0 Å². The van der Waals surface area contributed by atoms with Crippen LogP contribution in [0.4, 0.5) is 21.9 Å². The number of barbiturate groups is 1. The Bertz CT molecular complexity index is 1270. The summed E-state index contributed by atoms with van der Waals surface area (Å²) < 4.78 is 5.59. The van der Waals surface area contributed by atoms with Gasteiger partial charge in [0, 0.05) is 51.5 Å². The lowest BCUT2D eigenvalue weighted by molar-refractivity contribution is -0.159. The number of benzene rings is 2. The van der Waals surface area contributed by atoms with E-state index in [0.29, 0.717) is 37.5 Å². The number of anilines is 3. The van der Waals surface area contributed by atoms with Crippen molar-refractivity contribution in [2.75, 3.05) is 56.0 Å². The van der Waals surface area contributed by atoms with E-state index < -0.39 is 29.3 Å². The van der Waals surface area contributed by atoms with Gasteiger partial charge in [0.2, 0.25) is 17.7 Å². The monoisotopic (exact) mass is 505 g/mol. The molecular formula is C27H31N5O5. The molecule has 194 valence electrons. The van der Waals surface area contributed by atoms with Crippen LogP contribution in [0.2, 0.25) is 0 Å². The molecule has 10 heteroatoms. The fourth-order valence-corrected chi connectivity index (χ4v) is 5.88. The van der Waals surface area contributed by atoms with Gasteiger partial charge in [0.15, 0.2) is 5.41 Å².